The number of anilines is 3. The highest BCUT2D eigenvalue weighted by molar-refractivity contribution is 6.14. The van der Waals surface area contributed by atoms with Crippen LogP contribution in [0.3, 0.4) is 0 Å². The van der Waals surface area contributed by atoms with E-state index in [9.17, 15) is 0 Å². The summed E-state index contributed by atoms with van der Waals surface area (Å²) in [5.41, 5.74) is 26.7. The molecule has 1 heterocycles. The van der Waals surface area contributed by atoms with E-state index in [1.165, 1.54) is 116 Å². The summed E-state index contributed by atoms with van der Waals surface area (Å²) in [6, 6.07) is 107. The monoisotopic (exact) mass is 1120 g/mol. The van der Waals surface area contributed by atoms with Crippen LogP contribution in [0.5, 0.6) is 0 Å². The van der Waals surface area contributed by atoms with Crippen molar-refractivity contribution in [3.05, 3.63) is 335 Å². The van der Waals surface area contributed by atoms with Crippen LogP contribution in [0, 0.1) is 0 Å². The van der Waals surface area contributed by atoms with Gasteiger partial charge in [-0.1, -0.05) is 284 Å². The number of nitrogens with zero attached hydrogens (tertiary/aromatic N) is 2. The summed E-state index contributed by atoms with van der Waals surface area (Å²) in [4.78, 5) is 2.51. The first-order valence-corrected chi connectivity index (χ1v) is 31.0. The molecule has 12 aromatic carbocycles. The first-order chi connectivity index (χ1) is 42.4. The fraction of sp³-hybridized carbons (Fsp3) is 0.129. The van der Waals surface area contributed by atoms with E-state index in [1.54, 1.807) is 0 Å². The normalized spacial score (nSPS) is 13.5. The van der Waals surface area contributed by atoms with Crippen molar-refractivity contribution in [1.29, 1.82) is 0 Å². The summed E-state index contributed by atoms with van der Waals surface area (Å²) >= 11 is 0. The molecule has 0 radical (unpaired) electrons. The minimum atomic E-state index is -0.488. The van der Waals surface area contributed by atoms with E-state index in [1.807, 2.05) is 0 Å². The molecule has 0 saturated carbocycles. The van der Waals surface area contributed by atoms with Gasteiger partial charge in [-0.2, -0.15) is 0 Å². The molecule has 15 rings (SSSR count). The molecule has 2 nitrogen and oxygen atoms in total. The number of para-hydroxylation sites is 4. The molecule has 2 aliphatic rings. The Bertz CT molecular complexity index is 4830. The van der Waals surface area contributed by atoms with Crippen LogP contribution in [0.2, 0.25) is 0 Å². The van der Waals surface area contributed by atoms with Gasteiger partial charge in [0.15, 0.2) is 0 Å². The summed E-state index contributed by atoms with van der Waals surface area (Å²) < 4.78 is 2.44. The first kappa shape index (κ1) is 53.7. The third-order valence-corrected chi connectivity index (χ3v) is 18.7. The van der Waals surface area contributed by atoms with Crippen molar-refractivity contribution in [2.24, 2.45) is 0 Å². The zero-order chi connectivity index (χ0) is 59.0. The van der Waals surface area contributed by atoms with Crippen LogP contribution in [0.15, 0.2) is 285 Å². The van der Waals surface area contributed by atoms with E-state index < -0.39 is 5.41 Å². The quantitative estimate of drug-likeness (QED) is 0.132. The lowest BCUT2D eigenvalue weighted by Crippen LogP contribution is -2.32. The van der Waals surface area contributed by atoms with Gasteiger partial charge in [-0.05, 0) is 161 Å². The van der Waals surface area contributed by atoms with Crippen molar-refractivity contribution in [3.63, 3.8) is 0 Å². The SMILES string of the molecule is CC(C)(C)c1cc(-c2cccc3c2=C(c2ccccc2N(c2ccc(-c4cccc5c4-c4ccccc4C5(c4ccccc4)c4ccccc4)cc2)c2ccc(-c4cccc5c6ccccc6n(-c6ccccc6)c45)cc2)CCC=3)cc(C(C)(C)C)c1. The molecule has 0 amide bonds. The predicted octanol–water partition coefficient (Wildman–Crippen LogP) is 21.0. The Morgan fingerprint density at radius 3 is 1.56 bits per heavy atom. The fourth-order valence-corrected chi connectivity index (χ4v) is 14.5. The summed E-state index contributed by atoms with van der Waals surface area (Å²) in [5.74, 6) is 0. The van der Waals surface area contributed by atoms with E-state index in [4.69, 9.17) is 0 Å². The average Bonchev–Trinajstić information content (AvgIpc) is 1.57. The molecule has 1 aromatic heterocycles. The minimum Gasteiger partial charge on any atom is -0.310 e. The van der Waals surface area contributed by atoms with Gasteiger partial charge in [0.2, 0.25) is 0 Å². The molecular weight excluding hydrogens is 1050 g/mol. The molecule has 2 aliphatic carbocycles. The second-order valence-electron chi connectivity index (χ2n) is 25.9. The number of hydrogen-bond donors (Lipinski definition) is 0. The van der Waals surface area contributed by atoms with Gasteiger partial charge in [-0.3, -0.25) is 0 Å². The fourth-order valence-electron chi connectivity index (χ4n) is 14.5. The van der Waals surface area contributed by atoms with Gasteiger partial charge in [-0.25, -0.2) is 0 Å². The summed E-state index contributed by atoms with van der Waals surface area (Å²) in [6.07, 6.45) is 4.34. The van der Waals surface area contributed by atoms with Crippen molar-refractivity contribution < 1.29 is 0 Å². The molecule has 87 heavy (non-hydrogen) atoms. The van der Waals surface area contributed by atoms with Crippen LogP contribution in [-0.4, -0.2) is 4.57 Å². The maximum Gasteiger partial charge on any atom is 0.0713 e. The minimum absolute atomic E-state index is 0.0193. The van der Waals surface area contributed by atoms with Crippen molar-refractivity contribution in [2.75, 3.05) is 4.90 Å². The van der Waals surface area contributed by atoms with Gasteiger partial charge in [0.05, 0.1) is 22.1 Å². The molecule has 2 heteroatoms. The second kappa shape index (κ2) is 21.2. The highest BCUT2D eigenvalue weighted by Gasteiger charge is 2.46. The van der Waals surface area contributed by atoms with E-state index in [0.29, 0.717) is 0 Å². The third-order valence-electron chi connectivity index (χ3n) is 18.7. The number of hydrogen-bond acceptors (Lipinski definition) is 1. The highest BCUT2D eigenvalue weighted by atomic mass is 15.1. The lowest BCUT2D eigenvalue weighted by molar-refractivity contribution is 0.569. The zero-order valence-electron chi connectivity index (χ0n) is 50.5. The third kappa shape index (κ3) is 9.00. The maximum absolute atomic E-state index is 2.51. The lowest BCUT2D eigenvalue weighted by Gasteiger charge is -2.34. The van der Waals surface area contributed by atoms with Crippen molar-refractivity contribution in [2.45, 2.75) is 70.6 Å². The van der Waals surface area contributed by atoms with Gasteiger partial charge in [0.25, 0.3) is 0 Å². The van der Waals surface area contributed by atoms with Crippen LogP contribution < -0.4 is 15.3 Å². The topological polar surface area (TPSA) is 8.17 Å². The van der Waals surface area contributed by atoms with Crippen LogP contribution in [-0.2, 0) is 16.2 Å². The van der Waals surface area contributed by atoms with E-state index in [-0.39, 0.29) is 10.8 Å². The predicted molar refractivity (Wildman–Crippen MR) is 368 cm³/mol. The highest BCUT2D eigenvalue weighted by Crippen LogP contribution is 2.58. The summed E-state index contributed by atoms with van der Waals surface area (Å²) in [5, 5.41) is 5.11. The first-order valence-electron chi connectivity index (χ1n) is 31.0. The Balaban J connectivity index is 0.926. The Hall–Kier alpha value is -10.0. The van der Waals surface area contributed by atoms with Gasteiger partial charge in [0, 0.05) is 39.0 Å². The van der Waals surface area contributed by atoms with Crippen molar-refractivity contribution >= 4 is 50.5 Å². The number of benzene rings is 12. The van der Waals surface area contributed by atoms with E-state index in [0.717, 1.165) is 41.2 Å². The second-order valence-corrected chi connectivity index (χ2v) is 25.9. The van der Waals surface area contributed by atoms with Crippen LogP contribution in [0.4, 0.5) is 17.1 Å². The van der Waals surface area contributed by atoms with Crippen LogP contribution in [0.1, 0.15) is 93.3 Å². The molecule has 420 valence electrons. The molecule has 0 aliphatic heterocycles. The lowest BCUT2D eigenvalue weighted by atomic mass is 9.67. The maximum atomic E-state index is 2.51. The zero-order valence-corrected chi connectivity index (χ0v) is 50.5. The van der Waals surface area contributed by atoms with Gasteiger partial charge in [-0.15, -0.1) is 0 Å². The average molecular weight is 1120 g/mol. The molecule has 0 atom stereocenters. The molecule has 0 N–H and O–H groups in total. The molecule has 0 saturated heterocycles. The molecule has 0 bridgehead atoms. The Labute approximate surface area is 512 Å². The smallest absolute Gasteiger partial charge is 0.0713 e. The number of rotatable bonds is 10. The standard InChI is InChI=1S/C85H70N2/c1-83(2,3)63-54-60(55-64(56-63)84(4,5)6)69-37-22-26-59-27-23-40-73(80(59)69)71-34-17-20-44-78(71)86(67-52-48-58(49-53-67)70-39-24-41-74-72-35-18-21-45-79(72)87(82(70)74)65-32-14-9-15-33-65)66-50-46-57(47-51-66)68-38-25-43-77-81(68)75-36-16-19-42-76(75)85(77,61-28-10-7-11-29-61)62-30-12-8-13-31-62/h7-22,24-39,41-56H,23,40H2,1-6H3. The van der Waals surface area contributed by atoms with Gasteiger partial charge < -0.3 is 9.47 Å². The summed E-state index contributed by atoms with van der Waals surface area (Å²) in [7, 11) is 0. The van der Waals surface area contributed by atoms with Gasteiger partial charge in [0.1, 0.15) is 0 Å². The molecular formula is C85H70N2. The summed E-state index contributed by atoms with van der Waals surface area (Å²) in [6.45, 7) is 14.0. The number of aromatic nitrogens is 1. The van der Waals surface area contributed by atoms with E-state index >= 15 is 0 Å². The molecule has 0 spiro atoms. The van der Waals surface area contributed by atoms with Crippen LogP contribution >= 0.6 is 0 Å². The van der Waals surface area contributed by atoms with Gasteiger partial charge >= 0.3 is 0 Å². The van der Waals surface area contributed by atoms with Crippen molar-refractivity contribution in [1.82, 2.24) is 4.57 Å². The van der Waals surface area contributed by atoms with Crippen LogP contribution in [0.25, 0.3) is 83.6 Å². The molecule has 0 fully saturated rings. The van der Waals surface area contributed by atoms with Crippen molar-refractivity contribution in [3.8, 4) is 50.2 Å². The number of fused-ring (bicyclic) bond motifs is 7. The Kier molecular flexibility index (Phi) is 13.1. The molecule has 13 aromatic rings. The Morgan fingerprint density at radius 1 is 0.391 bits per heavy atom. The van der Waals surface area contributed by atoms with E-state index in [2.05, 4.69) is 342 Å². The molecule has 0 unspecified atom stereocenters. The largest absolute Gasteiger partial charge is 0.310 e. The Morgan fingerprint density at radius 2 is 0.897 bits per heavy atom.